The zero-order valence-corrected chi connectivity index (χ0v) is 5.27. The molecule has 1 heterocycles. The second kappa shape index (κ2) is 2.19. The molecule has 0 unspecified atom stereocenters. The van der Waals surface area contributed by atoms with Gasteiger partial charge in [0.05, 0.1) is 6.61 Å². The van der Waals surface area contributed by atoms with E-state index in [1.165, 1.54) is 11.3 Å². The highest BCUT2D eigenvalue weighted by Crippen LogP contribution is 2.06. The molecular formula is C4H6N2OS. The van der Waals surface area contributed by atoms with Crippen molar-refractivity contribution in [3.63, 3.8) is 0 Å². The Morgan fingerprint density at radius 2 is 2.38 bits per heavy atom. The summed E-state index contributed by atoms with van der Waals surface area (Å²) in [6.45, 7) is 1.86. The number of aryl methyl sites for hydroxylation is 1. The number of rotatable bonds is 1. The molecule has 0 aliphatic carbocycles. The third kappa shape index (κ3) is 1.02. The lowest BCUT2D eigenvalue weighted by atomic mass is 10.8. The van der Waals surface area contributed by atoms with E-state index in [2.05, 4.69) is 10.2 Å². The molecule has 0 spiro atoms. The van der Waals surface area contributed by atoms with E-state index in [0.717, 1.165) is 5.01 Å². The molecule has 0 amide bonds. The first-order chi connectivity index (χ1) is 3.83. The van der Waals surface area contributed by atoms with Crippen LogP contribution in [0, 0.1) is 6.92 Å². The Kier molecular flexibility index (Phi) is 1.55. The van der Waals surface area contributed by atoms with Crippen LogP contribution in [0.15, 0.2) is 0 Å². The number of aliphatic hydroxyl groups excluding tert-OH is 1. The molecule has 3 nitrogen and oxygen atoms in total. The molecule has 0 radical (unpaired) electrons. The Hall–Kier alpha value is -0.480. The van der Waals surface area contributed by atoms with Crippen molar-refractivity contribution in [3.05, 3.63) is 10.0 Å². The van der Waals surface area contributed by atoms with E-state index >= 15 is 0 Å². The summed E-state index contributed by atoms with van der Waals surface area (Å²) >= 11 is 1.42. The van der Waals surface area contributed by atoms with Crippen LogP contribution in [-0.2, 0) is 6.61 Å². The lowest BCUT2D eigenvalue weighted by molar-refractivity contribution is 0.280. The molecule has 0 aliphatic heterocycles. The van der Waals surface area contributed by atoms with E-state index in [4.69, 9.17) is 5.11 Å². The topological polar surface area (TPSA) is 46.0 Å². The Morgan fingerprint density at radius 1 is 1.62 bits per heavy atom. The molecule has 1 aromatic rings. The summed E-state index contributed by atoms with van der Waals surface area (Å²) in [6.07, 6.45) is 0. The van der Waals surface area contributed by atoms with Crippen LogP contribution in [0.25, 0.3) is 0 Å². The zero-order chi connectivity index (χ0) is 5.98. The molecule has 44 valence electrons. The fourth-order valence-corrected chi connectivity index (χ4v) is 0.970. The maximum Gasteiger partial charge on any atom is 0.142 e. The molecule has 4 heteroatoms. The SMILES string of the molecule is Cc1nnc(CO)s1. The molecule has 0 aliphatic rings. The van der Waals surface area contributed by atoms with Crippen LogP contribution < -0.4 is 0 Å². The highest BCUT2D eigenvalue weighted by Gasteiger charge is 1.94. The molecule has 1 rings (SSSR count). The number of aliphatic hydroxyl groups is 1. The van der Waals surface area contributed by atoms with E-state index in [9.17, 15) is 0 Å². The third-order valence-electron chi connectivity index (χ3n) is 0.703. The average molecular weight is 130 g/mol. The first kappa shape index (κ1) is 5.65. The third-order valence-corrected chi connectivity index (χ3v) is 1.53. The van der Waals surface area contributed by atoms with Crippen LogP contribution in [-0.4, -0.2) is 15.3 Å². The maximum absolute atomic E-state index is 8.46. The molecule has 0 saturated heterocycles. The van der Waals surface area contributed by atoms with E-state index in [-0.39, 0.29) is 6.61 Å². The summed E-state index contributed by atoms with van der Waals surface area (Å²) in [7, 11) is 0. The summed E-state index contributed by atoms with van der Waals surface area (Å²) in [5.74, 6) is 0. The minimum atomic E-state index is 0.00546. The number of hydrogen-bond acceptors (Lipinski definition) is 4. The van der Waals surface area contributed by atoms with Gasteiger partial charge in [0.1, 0.15) is 10.0 Å². The second-order valence-corrected chi connectivity index (χ2v) is 2.64. The van der Waals surface area contributed by atoms with Crippen LogP contribution in [0.4, 0.5) is 0 Å². The van der Waals surface area contributed by atoms with Gasteiger partial charge in [-0.2, -0.15) is 0 Å². The van der Waals surface area contributed by atoms with Crippen molar-refractivity contribution in [2.75, 3.05) is 0 Å². The molecule has 1 aromatic heterocycles. The zero-order valence-electron chi connectivity index (χ0n) is 4.46. The highest BCUT2D eigenvalue weighted by molar-refractivity contribution is 7.11. The largest absolute Gasteiger partial charge is 0.389 e. The van der Waals surface area contributed by atoms with Gasteiger partial charge < -0.3 is 5.11 Å². The molecule has 0 atom stereocenters. The van der Waals surface area contributed by atoms with Gasteiger partial charge in [0, 0.05) is 0 Å². The molecule has 0 fully saturated rings. The van der Waals surface area contributed by atoms with Gasteiger partial charge in [-0.3, -0.25) is 0 Å². The van der Waals surface area contributed by atoms with E-state index in [1.54, 1.807) is 0 Å². The fraction of sp³-hybridized carbons (Fsp3) is 0.500. The van der Waals surface area contributed by atoms with Gasteiger partial charge in [-0.25, -0.2) is 0 Å². The smallest absolute Gasteiger partial charge is 0.142 e. The van der Waals surface area contributed by atoms with Crippen molar-refractivity contribution in [2.45, 2.75) is 13.5 Å². The van der Waals surface area contributed by atoms with Crippen molar-refractivity contribution >= 4 is 11.3 Å². The first-order valence-corrected chi connectivity index (χ1v) is 3.04. The lowest BCUT2D eigenvalue weighted by Crippen LogP contribution is -1.78. The number of hydrogen-bond donors (Lipinski definition) is 1. The summed E-state index contributed by atoms with van der Waals surface area (Å²) < 4.78 is 0. The quantitative estimate of drug-likeness (QED) is 0.596. The molecule has 0 saturated carbocycles. The summed E-state index contributed by atoms with van der Waals surface area (Å²) in [4.78, 5) is 0. The van der Waals surface area contributed by atoms with E-state index in [0.29, 0.717) is 5.01 Å². The normalized spacial score (nSPS) is 9.75. The minimum absolute atomic E-state index is 0.00546. The fourth-order valence-electron chi connectivity index (χ4n) is 0.401. The average Bonchev–Trinajstić information content (AvgIpc) is 2.14. The Labute approximate surface area is 51.0 Å². The summed E-state index contributed by atoms with van der Waals surface area (Å²) in [5.41, 5.74) is 0. The Morgan fingerprint density at radius 3 is 2.62 bits per heavy atom. The van der Waals surface area contributed by atoms with Crippen LogP contribution in [0.1, 0.15) is 10.0 Å². The van der Waals surface area contributed by atoms with E-state index in [1.807, 2.05) is 6.92 Å². The van der Waals surface area contributed by atoms with Gasteiger partial charge in [0.25, 0.3) is 0 Å². The monoisotopic (exact) mass is 130 g/mol. The Balaban J connectivity index is 2.84. The van der Waals surface area contributed by atoms with Crippen LogP contribution >= 0.6 is 11.3 Å². The van der Waals surface area contributed by atoms with Gasteiger partial charge >= 0.3 is 0 Å². The first-order valence-electron chi connectivity index (χ1n) is 2.23. The molecule has 0 bridgehead atoms. The Bertz CT molecular complexity index is 174. The lowest BCUT2D eigenvalue weighted by Gasteiger charge is -1.75. The van der Waals surface area contributed by atoms with Gasteiger partial charge in [-0.1, -0.05) is 11.3 Å². The standard InChI is InChI=1S/C4H6N2OS/c1-3-5-6-4(2-7)8-3/h7H,2H2,1H3. The summed E-state index contributed by atoms with van der Waals surface area (Å²) in [5, 5.41) is 17.4. The predicted molar refractivity (Wildman–Crippen MR) is 30.6 cm³/mol. The summed E-state index contributed by atoms with van der Waals surface area (Å²) in [6, 6.07) is 0. The minimum Gasteiger partial charge on any atom is -0.389 e. The van der Waals surface area contributed by atoms with Crippen LogP contribution in [0.5, 0.6) is 0 Å². The predicted octanol–water partition coefficient (Wildman–Crippen LogP) is 0.339. The van der Waals surface area contributed by atoms with Crippen molar-refractivity contribution in [1.29, 1.82) is 0 Å². The molecular weight excluding hydrogens is 124 g/mol. The molecule has 1 N–H and O–H groups in total. The van der Waals surface area contributed by atoms with Gasteiger partial charge in [-0.05, 0) is 6.92 Å². The van der Waals surface area contributed by atoms with Gasteiger partial charge in [-0.15, -0.1) is 10.2 Å². The van der Waals surface area contributed by atoms with Crippen LogP contribution in [0.2, 0.25) is 0 Å². The van der Waals surface area contributed by atoms with Crippen molar-refractivity contribution in [1.82, 2.24) is 10.2 Å². The van der Waals surface area contributed by atoms with E-state index < -0.39 is 0 Å². The van der Waals surface area contributed by atoms with Gasteiger partial charge in [0.2, 0.25) is 0 Å². The van der Waals surface area contributed by atoms with Gasteiger partial charge in [0.15, 0.2) is 0 Å². The highest BCUT2D eigenvalue weighted by atomic mass is 32.1. The number of nitrogens with zero attached hydrogens (tertiary/aromatic N) is 2. The maximum atomic E-state index is 8.46. The van der Waals surface area contributed by atoms with Crippen molar-refractivity contribution in [2.24, 2.45) is 0 Å². The second-order valence-electron chi connectivity index (χ2n) is 1.37. The van der Waals surface area contributed by atoms with Crippen LogP contribution in [0.3, 0.4) is 0 Å². The number of aromatic nitrogens is 2. The molecule has 0 aromatic carbocycles. The van der Waals surface area contributed by atoms with Crippen molar-refractivity contribution < 1.29 is 5.11 Å². The molecule has 8 heavy (non-hydrogen) atoms. The van der Waals surface area contributed by atoms with Crippen molar-refractivity contribution in [3.8, 4) is 0 Å².